The Morgan fingerprint density at radius 2 is 2.12 bits per heavy atom. The van der Waals surface area contributed by atoms with E-state index >= 15 is 0 Å². The number of anilines is 1. The van der Waals surface area contributed by atoms with Crippen LogP contribution in [0.15, 0.2) is 6.07 Å². The van der Waals surface area contributed by atoms with Crippen LogP contribution in [0, 0.1) is 25.2 Å². The van der Waals surface area contributed by atoms with Gasteiger partial charge in [0.25, 0.3) is 0 Å². The van der Waals surface area contributed by atoms with Gasteiger partial charge < -0.3 is 5.32 Å². The summed E-state index contributed by atoms with van der Waals surface area (Å²) in [6.07, 6.45) is 2.35. The molecule has 2 heterocycles. The number of nitrogens with one attached hydrogen (secondary N) is 1. The molecular weight excluding hydrogens is 230 g/mol. The summed E-state index contributed by atoms with van der Waals surface area (Å²) in [5, 5.41) is 12.7. The van der Waals surface area contributed by atoms with Crippen LogP contribution in [0.5, 0.6) is 0 Å². The Hall–Kier alpha value is -1.21. The molecule has 4 heteroatoms. The van der Waals surface area contributed by atoms with Crippen molar-refractivity contribution in [1.29, 1.82) is 5.26 Å². The first-order valence-corrected chi connectivity index (χ1v) is 7.09. The standard InChI is InChI=1S/C13H17N3S/c1-9-7-13(12(8-14)10(2)15-9)16-11-3-5-17-6-4-11/h7,11H,3-6H2,1-2H3,(H,15,16). The minimum Gasteiger partial charge on any atom is -0.381 e. The van der Waals surface area contributed by atoms with Crippen LogP contribution in [0.25, 0.3) is 0 Å². The lowest BCUT2D eigenvalue weighted by Gasteiger charge is -2.24. The minimum atomic E-state index is 0.504. The van der Waals surface area contributed by atoms with Crippen molar-refractivity contribution in [2.24, 2.45) is 0 Å². The van der Waals surface area contributed by atoms with Crippen molar-refractivity contribution in [3.05, 3.63) is 23.0 Å². The summed E-state index contributed by atoms with van der Waals surface area (Å²) in [7, 11) is 0. The molecule has 0 aliphatic carbocycles. The predicted molar refractivity (Wildman–Crippen MR) is 72.4 cm³/mol. The average Bonchev–Trinajstić information content (AvgIpc) is 2.30. The van der Waals surface area contributed by atoms with Gasteiger partial charge in [0.15, 0.2) is 0 Å². The molecule has 3 nitrogen and oxygen atoms in total. The molecule has 0 bridgehead atoms. The number of nitriles is 1. The molecule has 1 saturated heterocycles. The third-order valence-corrected chi connectivity index (χ3v) is 4.07. The number of aromatic nitrogens is 1. The number of thioether (sulfide) groups is 1. The lowest BCUT2D eigenvalue weighted by molar-refractivity contribution is 0.666. The van der Waals surface area contributed by atoms with Crippen molar-refractivity contribution in [3.63, 3.8) is 0 Å². The van der Waals surface area contributed by atoms with Gasteiger partial charge in [-0.3, -0.25) is 4.98 Å². The monoisotopic (exact) mass is 247 g/mol. The molecule has 1 aliphatic rings. The van der Waals surface area contributed by atoms with E-state index in [0.29, 0.717) is 11.6 Å². The van der Waals surface area contributed by atoms with Gasteiger partial charge in [-0.05, 0) is 44.3 Å². The number of pyridine rings is 1. The molecule has 1 N–H and O–H groups in total. The molecule has 0 saturated carbocycles. The van der Waals surface area contributed by atoms with Crippen LogP contribution >= 0.6 is 11.8 Å². The maximum Gasteiger partial charge on any atom is 0.103 e. The van der Waals surface area contributed by atoms with E-state index in [1.165, 1.54) is 24.3 Å². The van der Waals surface area contributed by atoms with E-state index < -0.39 is 0 Å². The van der Waals surface area contributed by atoms with Crippen LogP contribution < -0.4 is 5.32 Å². The topological polar surface area (TPSA) is 48.7 Å². The van der Waals surface area contributed by atoms with Crippen molar-refractivity contribution in [2.45, 2.75) is 32.7 Å². The van der Waals surface area contributed by atoms with Gasteiger partial charge in [0.1, 0.15) is 6.07 Å². The highest BCUT2D eigenvalue weighted by atomic mass is 32.2. The first-order chi connectivity index (χ1) is 8.20. The van der Waals surface area contributed by atoms with Gasteiger partial charge in [-0.15, -0.1) is 0 Å². The smallest absolute Gasteiger partial charge is 0.103 e. The fourth-order valence-electron chi connectivity index (χ4n) is 2.15. The fraction of sp³-hybridized carbons (Fsp3) is 0.538. The molecule has 1 aromatic heterocycles. The van der Waals surface area contributed by atoms with Crippen LogP contribution in [0.4, 0.5) is 5.69 Å². The largest absolute Gasteiger partial charge is 0.381 e. The summed E-state index contributed by atoms with van der Waals surface area (Å²) in [5.74, 6) is 2.42. The zero-order chi connectivity index (χ0) is 12.3. The number of aryl methyl sites for hydroxylation is 2. The van der Waals surface area contributed by atoms with Gasteiger partial charge in [0, 0.05) is 11.7 Å². The van der Waals surface area contributed by atoms with E-state index in [-0.39, 0.29) is 0 Å². The summed E-state index contributed by atoms with van der Waals surface area (Å²) >= 11 is 2.01. The number of nitrogens with zero attached hydrogens (tertiary/aromatic N) is 2. The Kier molecular flexibility index (Phi) is 3.90. The highest BCUT2D eigenvalue weighted by Gasteiger charge is 2.16. The summed E-state index contributed by atoms with van der Waals surface area (Å²) in [5.41, 5.74) is 3.43. The van der Waals surface area contributed by atoms with Gasteiger partial charge >= 0.3 is 0 Å². The van der Waals surface area contributed by atoms with E-state index in [1.807, 2.05) is 31.7 Å². The van der Waals surface area contributed by atoms with Crippen molar-refractivity contribution in [3.8, 4) is 6.07 Å². The van der Waals surface area contributed by atoms with Crippen LogP contribution in [0.3, 0.4) is 0 Å². The summed E-state index contributed by atoms with van der Waals surface area (Å²) in [6, 6.07) is 4.73. The Morgan fingerprint density at radius 3 is 2.76 bits per heavy atom. The maximum atomic E-state index is 9.19. The SMILES string of the molecule is Cc1cc(NC2CCSCC2)c(C#N)c(C)n1. The predicted octanol–water partition coefficient (Wildman–Crippen LogP) is 2.88. The van der Waals surface area contributed by atoms with Crippen LogP contribution in [0.2, 0.25) is 0 Å². The molecule has 0 aromatic carbocycles. The van der Waals surface area contributed by atoms with Crippen molar-refractivity contribution in [2.75, 3.05) is 16.8 Å². The molecule has 1 aromatic rings. The Labute approximate surface area is 107 Å². The van der Waals surface area contributed by atoms with E-state index in [4.69, 9.17) is 0 Å². The molecule has 0 spiro atoms. The van der Waals surface area contributed by atoms with E-state index in [1.54, 1.807) is 0 Å². The summed E-state index contributed by atoms with van der Waals surface area (Å²) in [4.78, 5) is 4.33. The minimum absolute atomic E-state index is 0.504. The number of rotatable bonds is 2. The molecule has 1 aliphatic heterocycles. The van der Waals surface area contributed by atoms with Crippen molar-refractivity contribution in [1.82, 2.24) is 4.98 Å². The second kappa shape index (κ2) is 5.42. The highest BCUT2D eigenvalue weighted by molar-refractivity contribution is 7.99. The average molecular weight is 247 g/mol. The third-order valence-electron chi connectivity index (χ3n) is 3.02. The van der Waals surface area contributed by atoms with Gasteiger partial charge in [-0.25, -0.2) is 0 Å². The second-order valence-electron chi connectivity index (χ2n) is 4.41. The first-order valence-electron chi connectivity index (χ1n) is 5.93. The molecule has 2 rings (SSSR count). The van der Waals surface area contributed by atoms with E-state index in [9.17, 15) is 5.26 Å². The molecule has 90 valence electrons. The summed E-state index contributed by atoms with van der Waals surface area (Å²) < 4.78 is 0. The number of hydrogen-bond acceptors (Lipinski definition) is 4. The molecular formula is C13H17N3S. The maximum absolute atomic E-state index is 9.19. The summed E-state index contributed by atoms with van der Waals surface area (Å²) in [6.45, 7) is 3.86. The fourth-order valence-corrected chi connectivity index (χ4v) is 3.25. The van der Waals surface area contributed by atoms with Crippen molar-refractivity contribution < 1.29 is 0 Å². The van der Waals surface area contributed by atoms with Gasteiger partial charge in [0.2, 0.25) is 0 Å². The van der Waals surface area contributed by atoms with E-state index in [0.717, 1.165) is 17.1 Å². The second-order valence-corrected chi connectivity index (χ2v) is 5.64. The van der Waals surface area contributed by atoms with Gasteiger partial charge in [-0.2, -0.15) is 17.0 Å². The molecule has 1 fully saturated rings. The lowest BCUT2D eigenvalue weighted by atomic mass is 10.1. The molecule has 17 heavy (non-hydrogen) atoms. The van der Waals surface area contributed by atoms with Crippen LogP contribution in [-0.2, 0) is 0 Å². The quantitative estimate of drug-likeness (QED) is 0.873. The Bertz CT molecular complexity index is 445. The zero-order valence-corrected chi connectivity index (χ0v) is 11.1. The van der Waals surface area contributed by atoms with Crippen LogP contribution in [-0.4, -0.2) is 22.5 Å². The molecule has 0 atom stereocenters. The highest BCUT2D eigenvalue weighted by Crippen LogP contribution is 2.24. The normalized spacial score (nSPS) is 16.5. The third kappa shape index (κ3) is 2.92. The Morgan fingerprint density at radius 1 is 1.41 bits per heavy atom. The van der Waals surface area contributed by atoms with E-state index in [2.05, 4.69) is 16.4 Å². The van der Waals surface area contributed by atoms with Crippen molar-refractivity contribution >= 4 is 17.4 Å². The molecule has 0 radical (unpaired) electrons. The lowest BCUT2D eigenvalue weighted by Crippen LogP contribution is -2.25. The van der Waals surface area contributed by atoms with Crippen LogP contribution in [0.1, 0.15) is 29.8 Å². The first kappa shape index (κ1) is 12.3. The van der Waals surface area contributed by atoms with Gasteiger partial charge in [-0.1, -0.05) is 0 Å². The Balaban J connectivity index is 2.22. The molecule has 0 unspecified atom stereocenters. The zero-order valence-electron chi connectivity index (χ0n) is 10.3. The number of hydrogen-bond donors (Lipinski definition) is 1. The van der Waals surface area contributed by atoms with Gasteiger partial charge in [0.05, 0.1) is 16.9 Å². The molecule has 0 amide bonds.